The number of aromatic nitrogens is 1. The number of hydrogen-bond donors (Lipinski definition) is 0. The third-order valence-electron chi connectivity index (χ3n) is 4.16. The molecule has 2 heterocycles. The van der Waals surface area contributed by atoms with E-state index in [0.29, 0.717) is 28.4 Å². The fourth-order valence-corrected chi connectivity index (χ4v) is 3.76. The molecule has 0 aliphatic carbocycles. The normalized spacial score (nSPS) is 14.1. The lowest BCUT2D eigenvalue weighted by Crippen LogP contribution is -2.42. The van der Waals surface area contributed by atoms with E-state index in [9.17, 15) is 9.18 Å². The van der Waals surface area contributed by atoms with Crippen LogP contribution in [0.3, 0.4) is 0 Å². The van der Waals surface area contributed by atoms with Crippen LogP contribution in [0, 0.1) is 5.82 Å². The molecule has 0 amide bonds. The van der Waals surface area contributed by atoms with Crippen molar-refractivity contribution in [3.05, 3.63) is 79.6 Å². The monoisotopic (exact) mass is 369 g/mol. The Labute approximate surface area is 152 Å². The zero-order valence-electron chi connectivity index (χ0n) is 14.1. The van der Waals surface area contributed by atoms with Crippen molar-refractivity contribution < 1.29 is 9.13 Å². The van der Waals surface area contributed by atoms with Gasteiger partial charge in [-0.25, -0.2) is 9.38 Å². The van der Waals surface area contributed by atoms with Crippen LogP contribution in [0.1, 0.15) is 5.56 Å². The van der Waals surface area contributed by atoms with E-state index >= 15 is 0 Å². The number of thiazole rings is 1. The molecule has 0 saturated carbocycles. The van der Waals surface area contributed by atoms with Crippen LogP contribution in [0.5, 0.6) is 5.75 Å². The van der Waals surface area contributed by atoms with Crippen molar-refractivity contribution in [2.45, 2.75) is 6.67 Å². The number of anilines is 1. The standard InChI is InChI=1S/C19H16FN3O2S/c1-25-16-7-5-13(6-8-16)9-17-18(24)23-12-22(11-21-19(23)26-17)15-4-2-3-14(20)10-15/h2-10H,11-12H2,1H3/b17-9-. The van der Waals surface area contributed by atoms with Crippen molar-refractivity contribution in [3.8, 4) is 5.75 Å². The molecule has 26 heavy (non-hydrogen) atoms. The summed E-state index contributed by atoms with van der Waals surface area (Å²) in [6.07, 6.45) is 1.85. The van der Waals surface area contributed by atoms with Gasteiger partial charge in [0.2, 0.25) is 0 Å². The SMILES string of the molecule is COc1ccc(/C=c2\sc3n(c2=O)CN(c2cccc(F)c2)CN=3)cc1. The van der Waals surface area contributed by atoms with Gasteiger partial charge in [0.05, 0.1) is 11.6 Å². The number of ether oxygens (including phenoxy) is 1. The van der Waals surface area contributed by atoms with Gasteiger partial charge in [0.15, 0.2) is 4.80 Å². The molecule has 0 N–H and O–H groups in total. The Morgan fingerprint density at radius 3 is 2.77 bits per heavy atom. The second-order valence-corrected chi connectivity index (χ2v) is 6.87. The Morgan fingerprint density at radius 1 is 1.23 bits per heavy atom. The Hall–Kier alpha value is -2.93. The van der Waals surface area contributed by atoms with Crippen molar-refractivity contribution in [2.75, 3.05) is 18.7 Å². The molecule has 0 atom stereocenters. The molecule has 1 aliphatic heterocycles. The third-order valence-corrected chi connectivity index (χ3v) is 5.21. The predicted octanol–water partition coefficient (Wildman–Crippen LogP) is 1.94. The Kier molecular flexibility index (Phi) is 4.30. The maximum Gasteiger partial charge on any atom is 0.271 e. The fourth-order valence-electron chi connectivity index (χ4n) is 2.80. The molecule has 132 valence electrons. The summed E-state index contributed by atoms with van der Waals surface area (Å²) in [5.74, 6) is 0.463. The average molecular weight is 369 g/mol. The number of hydrogen-bond acceptors (Lipinski definition) is 5. The second-order valence-electron chi connectivity index (χ2n) is 5.86. The lowest BCUT2D eigenvalue weighted by Gasteiger charge is -2.25. The second kappa shape index (κ2) is 6.76. The van der Waals surface area contributed by atoms with Gasteiger partial charge in [0.25, 0.3) is 5.56 Å². The van der Waals surface area contributed by atoms with Gasteiger partial charge in [-0.2, -0.15) is 0 Å². The quantitative estimate of drug-likeness (QED) is 0.709. The molecule has 0 spiro atoms. The molecule has 2 aromatic carbocycles. The number of nitrogens with zero attached hydrogens (tertiary/aromatic N) is 3. The maximum atomic E-state index is 13.5. The van der Waals surface area contributed by atoms with Crippen LogP contribution in [0.15, 0.2) is 58.3 Å². The van der Waals surface area contributed by atoms with Crippen LogP contribution in [0.4, 0.5) is 10.1 Å². The van der Waals surface area contributed by atoms with Crippen molar-refractivity contribution in [3.63, 3.8) is 0 Å². The van der Waals surface area contributed by atoms with Crippen LogP contribution < -0.4 is 24.5 Å². The first-order valence-corrected chi connectivity index (χ1v) is 8.86. The summed E-state index contributed by atoms with van der Waals surface area (Å²) in [6.45, 7) is 0.749. The highest BCUT2D eigenvalue weighted by atomic mass is 32.1. The van der Waals surface area contributed by atoms with Crippen LogP contribution in [0.2, 0.25) is 0 Å². The number of rotatable bonds is 3. The summed E-state index contributed by atoms with van der Waals surface area (Å²) in [7, 11) is 1.62. The zero-order chi connectivity index (χ0) is 18.1. The molecule has 1 aliphatic rings. The Bertz CT molecular complexity index is 1120. The van der Waals surface area contributed by atoms with Gasteiger partial charge in [-0.1, -0.05) is 29.5 Å². The van der Waals surface area contributed by atoms with E-state index in [-0.39, 0.29) is 11.4 Å². The first-order chi connectivity index (χ1) is 12.6. The summed E-state index contributed by atoms with van der Waals surface area (Å²) in [5, 5.41) is 0. The lowest BCUT2D eigenvalue weighted by atomic mass is 10.2. The van der Waals surface area contributed by atoms with Gasteiger partial charge < -0.3 is 9.64 Å². The lowest BCUT2D eigenvalue weighted by molar-refractivity contribution is 0.415. The Balaban J connectivity index is 1.69. The average Bonchev–Trinajstić information content (AvgIpc) is 2.97. The van der Waals surface area contributed by atoms with E-state index in [1.165, 1.54) is 23.5 Å². The molecule has 0 unspecified atom stereocenters. The van der Waals surface area contributed by atoms with Gasteiger partial charge in [0.1, 0.15) is 24.9 Å². The molecule has 0 fully saturated rings. The smallest absolute Gasteiger partial charge is 0.271 e. The highest BCUT2D eigenvalue weighted by Crippen LogP contribution is 2.17. The summed E-state index contributed by atoms with van der Waals surface area (Å²) in [6, 6.07) is 13.8. The van der Waals surface area contributed by atoms with Gasteiger partial charge >= 0.3 is 0 Å². The third kappa shape index (κ3) is 3.13. The predicted molar refractivity (Wildman–Crippen MR) is 99.7 cm³/mol. The minimum absolute atomic E-state index is 0.0920. The van der Waals surface area contributed by atoms with E-state index < -0.39 is 0 Å². The molecule has 0 radical (unpaired) electrons. The van der Waals surface area contributed by atoms with Gasteiger partial charge in [-0.3, -0.25) is 9.36 Å². The number of methoxy groups -OCH3 is 1. The van der Waals surface area contributed by atoms with Crippen molar-refractivity contribution in [1.82, 2.24) is 4.57 Å². The summed E-state index contributed by atoms with van der Waals surface area (Å²) >= 11 is 1.36. The van der Waals surface area contributed by atoms with E-state index in [0.717, 1.165) is 11.3 Å². The van der Waals surface area contributed by atoms with Crippen molar-refractivity contribution in [2.24, 2.45) is 4.99 Å². The topological polar surface area (TPSA) is 46.8 Å². The fraction of sp³-hybridized carbons (Fsp3) is 0.158. The first kappa shape index (κ1) is 16.5. The highest BCUT2D eigenvalue weighted by molar-refractivity contribution is 7.07. The van der Waals surface area contributed by atoms with E-state index in [1.54, 1.807) is 17.7 Å². The summed E-state index contributed by atoms with van der Waals surface area (Å²) in [5.41, 5.74) is 1.54. The summed E-state index contributed by atoms with van der Waals surface area (Å²) in [4.78, 5) is 19.8. The van der Waals surface area contributed by atoms with Crippen LogP contribution in [-0.2, 0) is 6.67 Å². The molecule has 3 aromatic rings. The van der Waals surface area contributed by atoms with Crippen LogP contribution >= 0.6 is 11.3 Å². The Morgan fingerprint density at radius 2 is 2.04 bits per heavy atom. The van der Waals surface area contributed by atoms with E-state index in [1.807, 2.05) is 41.3 Å². The minimum atomic E-state index is -0.306. The van der Waals surface area contributed by atoms with Gasteiger partial charge in [0, 0.05) is 5.69 Å². The molecule has 0 bridgehead atoms. The number of benzene rings is 2. The van der Waals surface area contributed by atoms with Crippen molar-refractivity contribution in [1.29, 1.82) is 0 Å². The molecule has 7 heteroatoms. The molecule has 5 nitrogen and oxygen atoms in total. The molecular weight excluding hydrogens is 353 g/mol. The number of halogens is 1. The van der Waals surface area contributed by atoms with E-state index in [4.69, 9.17) is 4.74 Å². The molecule has 4 rings (SSSR count). The maximum absolute atomic E-state index is 13.5. The van der Waals surface area contributed by atoms with Crippen molar-refractivity contribution >= 4 is 23.1 Å². The minimum Gasteiger partial charge on any atom is -0.497 e. The molecule has 1 aromatic heterocycles. The van der Waals surface area contributed by atoms with Crippen LogP contribution in [-0.4, -0.2) is 18.3 Å². The molecule has 0 saturated heterocycles. The van der Waals surface area contributed by atoms with Crippen LogP contribution in [0.25, 0.3) is 6.08 Å². The largest absolute Gasteiger partial charge is 0.497 e. The summed E-state index contributed by atoms with van der Waals surface area (Å²) < 4.78 is 20.8. The van der Waals surface area contributed by atoms with Gasteiger partial charge in [-0.05, 0) is 42.0 Å². The van der Waals surface area contributed by atoms with Gasteiger partial charge in [-0.15, -0.1) is 0 Å². The number of fused-ring (bicyclic) bond motifs is 1. The first-order valence-electron chi connectivity index (χ1n) is 8.04. The zero-order valence-corrected chi connectivity index (χ0v) is 14.9. The van der Waals surface area contributed by atoms with E-state index in [2.05, 4.69) is 4.99 Å². The molecular formula is C19H16FN3O2S. The highest BCUT2D eigenvalue weighted by Gasteiger charge is 2.16.